The Morgan fingerprint density at radius 3 is 2.71 bits per heavy atom. The molecule has 0 aliphatic heterocycles. The summed E-state index contributed by atoms with van der Waals surface area (Å²) in [7, 11) is 0. The van der Waals surface area contributed by atoms with E-state index in [1.807, 2.05) is 0 Å². The fourth-order valence-electron chi connectivity index (χ4n) is 2.67. The van der Waals surface area contributed by atoms with Crippen molar-refractivity contribution >= 4 is 5.91 Å². The van der Waals surface area contributed by atoms with E-state index >= 15 is 0 Å². The Balaban J connectivity index is 2.17. The van der Waals surface area contributed by atoms with Gasteiger partial charge < -0.3 is 11.1 Å². The predicted octanol–water partition coefficient (Wildman–Crippen LogP) is 2.45. The Kier molecular flexibility index (Phi) is 5.44. The molecular formula is C14H28N2O. The summed E-state index contributed by atoms with van der Waals surface area (Å²) in [5.41, 5.74) is 5.90. The van der Waals surface area contributed by atoms with E-state index in [4.69, 9.17) is 5.73 Å². The predicted molar refractivity (Wildman–Crippen MR) is 71.6 cm³/mol. The second-order valence-corrected chi connectivity index (χ2v) is 6.39. The first-order valence-corrected chi connectivity index (χ1v) is 6.92. The minimum absolute atomic E-state index is 0.219. The monoisotopic (exact) mass is 240 g/mol. The maximum Gasteiger partial charge on any atom is 0.220 e. The number of nitrogens with one attached hydrogen (secondary N) is 1. The van der Waals surface area contributed by atoms with Crippen LogP contribution in [0.2, 0.25) is 0 Å². The van der Waals surface area contributed by atoms with E-state index < -0.39 is 0 Å². The van der Waals surface area contributed by atoms with Crippen molar-refractivity contribution in [2.24, 2.45) is 17.1 Å². The maximum absolute atomic E-state index is 11.8. The molecule has 3 N–H and O–H groups in total. The van der Waals surface area contributed by atoms with Crippen LogP contribution in [0.15, 0.2) is 0 Å². The molecule has 2 atom stereocenters. The second kappa shape index (κ2) is 6.39. The van der Waals surface area contributed by atoms with Gasteiger partial charge in [-0.2, -0.15) is 0 Å². The topological polar surface area (TPSA) is 55.1 Å². The van der Waals surface area contributed by atoms with Crippen LogP contribution in [-0.2, 0) is 4.79 Å². The van der Waals surface area contributed by atoms with Gasteiger partial charge in [-0.15, -0.1) is 0 Å². The second-order valence-electron chi connectivity index (χ2n) is 6.39. The van der Waals surface area contributed by atoms with Crippen LogP contribution in [0.1, 0.15) is 59.3 Å². The molecular weight excluding hydrogens is 212 g/mol. The Labute approximate surface area is 106 Å². The molecule has 0 radical (unpaired) electrons. The van der Waals surface area contributed by atoms with Crippen LogP contribution in [0.5, 0.6) is 0 Å². The Hall–Kier alpha value is -0.570. The van der Waals surface area contributed by atoms with E-state index in [2.05, 4.69) is 26.1 Å². The van der Waals surface area contributed by atoms with E-state index in [9.17, 15) is 4.79 Å². The number of hydrogen-bond donors (Lipinski definition) is 2. The number of carbonyl (C=O) groups is 1. The zero-order valence-electron chi connectivity index (χ0n) is 11.6. The number of hydrogen-bond acceptors (Lipinski definition) is 2. The molecule has 17 heavy (non-hydrogen) atoms. The fourth-order valence-corrected chi connectivity index (χ4v) is 2.67. The summed E-state index contributed by atoms with van der Waals surface area (Å²) in [6.07, 6.45) is 6.11. The standard InChI is InChI=1S/C14H28N2O/c1-11(7-9-15)4-5-13(17)16-12-6-8-14(2,3)10-12/h11-12H,4-10,15H2,1-3H3,(H,16,17). The highest BCUT2D eigenvalue weighted by Gasteiger charge is 2.31. The molecule has 1 aliphatic rings. The molecule has 1 amide bonds. The first-order chi connectivity index (χ1) is 7.93. The maximum atomic E-state index is 11.8. The zero-order chi connectivity index (χ0) is 12.9. The molecule has 1 saturated carbocycles. The van der Waals surface area contributed by atoms with Crippen LogP contribution in [0.4, 0.5) is 0 Å². The molecule has 2 unspecified atom stereocenters. The molecule has 1 aliphatic carbocycles. The van der Waals surface area contributed by atoms with Gasteiger partial charge in [-0.05, 0) is 50.0 Å². The number of carbonyl (C=O) groups excluding carboxylic acids is 1. The molecule has 0 bridgehead atoms. The minimum atomic E-state index is 0.219. The van der Waals surface area contributed by atoms with E-state index in [0.717, 1.165) is 32.2 Å². The van der Waals surface area contributed by atoms with Gasteiger partial charge in [0.1, 0.15) is 0 Å². The highest BCUT2D eigenvalue weighted by molar-refractivity contribution is 5.76. The Morgan fingerprint density at radius 2 is 2.18 bits per heavy atom. The zero-order valence-corrected chi connectivity index (χ0v) is 11.6. The summed E-state index contributed by atoms with van der Waals surface area (Å²) in [5.74, 6) is 0.780. The van der Waals surface area contributed by atoms with Crippen molar-refractivity contribution in [1.29, 1.82) is 0 Å². The lowest BCUT2D eigenvalue weighted by molar-refractivity contribution is -0.122. The van der Waals surface area contributed by atoms with Gasteiger partial charge in [0.25, 0.3) is 0 Å². The molecule has 0 aromatic heterocycles. The average Bonchev–Trinajstić information content (AvgIpc) is 2.55. The van der Waals surface area contributed by atoms with Crippen molar-refractivity contribution in [3.8, 4) is 0 Å². The highest BCUT2D eigenvalue weighted by Crippen LogP contribution is 2.36. The smallest absolute Gasteiger partial charge is 0.220 e. The number of rotatable bonds is 6. The van der Waals surface area contributed by atoms with E-state index in [1.54, 1.807) is 0 Å². The summed E-state index contributed by atoms with van der Waals surface area (Å²) >= 11 is 0. The molecule has 1 rings (SSSR count). The first-order valence-electron chi connectivity index (χ1n) is 6.92. The third kappa shape index (κ3) is 5.53. The lowest BCUT2D eigenvalue weighted by Crippen LogP contribution is -2.33. The lowest BCUT2D eigenvalue weighted by Gasteiger charge is -2.18. The van der Waals surface area contributed by atoms with Crippen molar-refractivity contribution in [2.75, 3.05) is 6.54 Å². The minimum Gasteiger partial charge on any atom is -0.353 e. The van der Waals surface area contributed by atoms with Gasteiger partial charge in [-0.25, -0.2) is 0 Å². The van der Waals surface area contributed by atoms with Gasteiger partial charge in [-0.1, -0.05) is 20.8 Å². The first kappa shape index (κ1) is 14.5. The van der Waals surface area contributed by atoms with Crippen LogP contribution in [0.3, 0.4) is 0 Å². The van der Waals surface area contributed by atoms with Gasteiger partial charge in [0, 0.05) is 12.5 Å². The highest BCUT2D eigenvalue weighted by atomic mass is 16.1. The molecule has 100 valence electrons. The van der Waals surface area contributed by atoms with Gasteiger partial charge >= 0.3 is 0 Å². The van der Waals surface area contributed by atoms with Crippen LogP contribution < -0.4 is 11.1 Å². The van der Waals surface area contributed by atoms with Crippen LogP contribution in [-0.4, -0.2) is 18.5 Å². The number of nitrogens with two attached hydrogens (primary N) is 1. The van der Waals surface area contributed by atoms with Crippen LogP contribution >= 0.6 is 0 Å². The van der Waals surface area contributed by atoms with Crippen molar-refractivity contribution in [1.82, 2.24) is 5.32 Å². The lowest BCUT2D eigenvalue weighted by atomic mass is 9.92. The largest absolute Gasteiger partial charge is 0.353 e. The Bertz CT molecular complexity index is 251. The molecule has 0 aromatic rings. The molecule has 3 nitrogen and oxygen atoms in total. The SMILES string of the molecule is CC(CCN)CCC(=O)NC1CCC(C)(C)C1. The molecule has 0 spiro atoms. The summed E-state index contributed by atoms with van der Waals surface area (Å²) < 4.78 is 0. The van der Waals surface area contributed by atoms with Gasteiger partial charge in [0.05, 0.1) is 0 Å². The summed E-state index contributed by atoms with van der Waals surface area (Å²) in [4.78, 5) is 11.8. The summed E-state index contributed by atoms with van der Waals surface area (Å²) in [6, 6.07) is 0.405. The van der Waals surface area contributed by atoms with Gasteiger partial charge in [-0.3, -0.25) is 4.79 Å². The summed E-state index contributed by atoms with van der Waals surface area (Å²) in [6.45, 7) is 7.45. The van der Waals surface area contributed by atoms with Crippen molar-refractivity contribution in [2.45, 2.75) is 65.3 Å². The van der Waals surface area contributed by atoms with Gasteiger partial charge in [0.2, 0.25) is 5.91 Å². The van der Waals surface area contributed by atoms with Crippen molar-refractivity contribution in [3.63, 3.8) is 0 Å². The Morgan fingerprint density at radius 1 is 1.47 bits per heavy atom. The van der Waals surface area contributed by atoms with Crippen molar-refractivity contribution < 1.29 is 4.79 Å². The number of amides is 1. The fraction of sp³-hybridized carbons (Fsp3) is 0.929. The quantitative estimate of drug-likeness (QED) is 0.749. The normalized spacial score (nSPS) is 24.6. The third-order valence-electron chi connectivity index (χ3n) is 3.86. The van der Waals surface area contributed by atoms with E-state index in [0.29, 0.717) is 23.8 Å². The average molecular weight is 240 g/mol. The summed E-state index contributed by atoms with van der Waals surface area (Å²) in [5, 5.41) is 3.16. The molecule has 0 heterocycles. The van der Waals surface area contributed by atoms with Crippen molar-refractivity contribution in [3.05, 3.63) is 0 Å². The molecule has 1 fully saturated rings. The van der Waals surface area contributed by atoms with Gasteiger partial charge in [0.15, 0.2) is 0 Å². The molecule has 0 aromatic carbocycles. The molecule has 3 heteroatoms. The molecule has 0 saturated heterocycles. The van der Waals surface area contributed by atoms with E-state index in [1.165, 1.54) is 6.42 Å². The van der Waals surface area contributed by atoms with Crippen LogP contribution in [0.25, 0.3) is 0 Å². The third-order valence-corrected chi connectivity index (χ3v) is 3.86. The van der Waals surface area contributed by atoms with Crippen LogP contribution in [0, 0.1) is 11.3 Å². The van der Waals surface area contributed by atoms with E-state index in [-0.39, 0.29) is 5.91 Å².